The molecule has 0 radical (unpaired) electrons. The van der Waals surface area contributed by atoms with Crippen LogP contribution in [0.1, 0.15) is 55.9 Å². The van der Waals surface area contributed by atoms with Crippen molar-refractivity contribution in [2.24, 2.45) is 11.8 Å². The van der Waals surface area contributed by atoms with Gasteiger partial charge in [-0.3, -0.25) is 9.59 Å². The van der Waals surface area contributed by atoms with Crippen LogP contribution in [-0.2, 0) is 43.1 Å². The molecular formula is C25H34O5. The van der Waals surface area contributed by atoms with E-state index in [1.165, 1.54) is 16.7 Å². The molecule has 0 bridgehead atoms. The molecule has 3 rings (SSSR count). The first-order valence-electron chi connectivity index (χ1n) is 11.2. The maximum Gasteiger partial charge on any atom is 0.309 e. The van der Waals surface area contributed by atoms with Gasteiger partial charge in [-0.25, -0.2) is 0 Å². The number of aryl methyl sites for hydroxylation is 3. The molecule has 1 aliphatic carbocycles. The summed E-state index contributed by atoms with van der Waals surface area (Å²) in [5.41, 5.74) is 4.76. The second-order valence-corrected chi connectivity index (χ2v) is 8.29. The Bertz CT molecular complexity index is 775. The molecule has 5 nitrogen and oxygen atoms in total. The molecule has 1 spiro atoms. The first-order chi connectivity index (χ1) is 14.4. The summed E-state index contributed by atoms with van der Waals surface area (Å²) in [5, 5.41) is 0. The Morgan fingerprint density at radius 3 is 2.10 bits per heavy atom. The largest absolute Gasteiger partial charge is 0.466 e. The highest BCUT2D eigenvalue weighted by Crippen LogP contribution is 2.45. The molecule has 1 aromatic carbocycles. The molecule has 1 aliphatic heterocycles. The third kappa shape index (κ3) is 4.84. The van der Waals surface area contributed by atoms with Gasteiger partial charge in [-0.2, -0.15) is 0 Å². The molecule has 1 heterocycles. The van der Waals surface area contributed by atoms with Crippen molar-refractivity contribution < 1.29 is 23.8 Å². The molecule has 1 aromatic rings. The number of hydrogen-bond donors (Lipinski definition) is 0. The topological polar surface area (TPSA) is 61.8 Å². The second kappa shape index (κ2) is 9.88. The van der Waals surface area contributed by atoms with E-state index in [-0.39, 0.29) is 11.8 Å². The summed E-state index contributed by atoms with van der Waals surface area (Å²) in [6.07, 6.45) is 6.68. The standard InChI is InChI=1S/C25H34O5/c1-5-18-12-17(4)13-19(6-2)20(18)14-23(26)21-15-25(29-10-8-9-11-30-25)16-22(21)24(27)28-7-3/h8-9,12-13,21-22H,5-7,10-11,14-16H2,1-4H3/t21-,22-/m1/s1. The van der Waals surface area contributed by atoms with Gasteiger partial charge in [0.1, 0.15) is 5.78 Å². The molecule has 5 heteroatoms. The van der Waals surface area contributed by atoms with Crippen molar-refractivity contribution in [2.75, 3.05) is 19.8 Å². The summed E-state index contributed by atoms with van der Waals surface area (Å²) in [4.78, 5) is 26.2. The summed E-state index contributed by atoms with van der Waals surface area (Å²) in [7, 11) is 0. The smallest absolute Gasteiger partial charge is 0.309 e. The van der Waals surface area contributed by atoms with Crippen molar-refractivity contribution in [2.45, 2.75) is 65.6 Å². The SMILES string of the molecule is CCOC(=O)[C@@H]1CC2(C[C@H]1C(=O)Cc1c(CC)cc(C)cc1CC)OCC=CCO2. The molecule has 0 unspecified atom stereocenters. The number of ketones is 1. The number of esters is 1. The molecule has 1 fully saturated rings. The van der Waals surface area contributed by atoms with Gasteiger partial charge >= 0.3 is 5.97 Å². The molecule has 164 valence electrons. The van der Waals surface area contributed by atoms with E-state index in [1.807, 2.05) is 12.2 Å². The maximum absolute atomic E-state index is 13.5. The van der Waals surface area contributed by atoms with Crippen LogP contribution in [0.5, 0.6) is 0 Å². The number of carbonyl (C=O) groups is 2. The first kappa shape index (κ1) is 22.7. The molecule has 0 aromatic heterocycles. The van der Waals surface area contributed by atoms with E-state index in [2.05, 4.69) is 32.9 Å². The summed E-state index contributed by atoms with van der Waals surface area (Å²) >= 11 is 0. The molecule has 0 N–H and O–H groups in total. The number of rotatable bonds is 7. The van der Waals surface area contributed by atoms with E-state index in [9.17, 15) is 9.59 Å². The normalized spacial score (nSPS) is 22.8. The fraction of sp³-hybridized carbons (Fsp3) is 0.600. The number of carbonyl (C=O) groups excluding carboxylic acids is 2. The summed E-state index contributed by atoms with van der Waals surface area (Å²) < 4.78 is 17.3. The second-order valence-electron chi connectivity index (χ2n) is 8.29. The number of hydrogen-bond acceptors (Lipinski definition) is 5. The lowest BCUT2D eigenvalue weighted by Gasteiger charge is -2.27. The average Bonchev–Trinajstić information content (AvgIpc) is 2.96. The number of benzene rings is 1. The van der Waals surface area contributed by atoms with Crippen LogP contribution in [0.25, 0.3) is 0 Å². The van der Waals surface area contributed by atoms with Crippen molar-refractivity contribution in [3.63, 3.8) is 0 Å². The summed E-state index contributed by atoms with van der Waals surface area (Å²) in [5.74, 6) is -2.14. The van der Waals surface area contributed by atoms with Crippen LogP contribution in [0.2, 0.25) is 0 Å². The van der Waals surface area contributed by atoms with Gasteiger partial charge in [-0.1, -0.05) is 43.7 Å². The number of Topliss-reactive ketones (excluding diaryl/α,β-unsaturated/α-hetero) is 1. The van der Waals surface area contributed by atoms with Gasteiger partial charge in [0.2, 0.25) is 0 Å². The Morgan fingerprint density at radius 2 is 1.57 bits per heavy atom. The van der Waals surface area contributed by atoms with Crippen molar-refractivity contribution in [3.8, 4) is 0 Å². The zero-order valence-electron chi connectivity index (χ0n) is 18.7. The summed E-state index contributed by atoms with van der Waals surface area (Å²) in [6, 6.07) is 4.34. The van der Waals surface area contributed by atoms with E-state index < -0.39 is 17.6 Å². The Morgan fingerprint density at radius 1 is 1.00 bits per heavy atom. The van der Waals surface area contributed by atoms with Gasteiger partial charge in [-0.05, 0) is 43.4 Å². The van der Waals surface area contributed by atoms with Crippen LogP contribution >= 0.6 is 0 Å². The first-order valence-corrected chi connectivity index (χ1v) is 11.2. The Balaban J connectivity index is 1.88. The maximum atomic E-state index is 13.5. The minimum absolute atomic E-state index is 0.0718. The van der Waals surface area contributed by atoms with Gasteiger partial charge in [0.15, 0.2) is 5.79 Å². The zero-order valence-corrected chi connectivity index (χ0v) is 18.7. The van der Waals surface area contributed by atoms with Crippen molar-refractivity contribution in [3.05, 3.63) is 46.5 Å². The van der Waals surface area contributed by atoms with Crippen LogP contribution in [-0.4, -0.2) is 37.4 Å². The lowest BCUT2D eigenvalue weighted by atomic mass is 9.85. The molecule has 2 aliphatic rings. The van der Waals surface area contributed by atoms with Crippen molar-refractivity contribution in [1.82, 2.24) is 0 Å². The van der Waals surface area contributed by atoms with Crippen LogP contribution in [0.4, 0.5) is 0 Å². The van der Waals surface area contributed by atoms with E-state index in [0.717, 1.165) is 18.4 Å². The third-order valence-electron chi connectivity index (χ3n) is 6.29. The predicted molar refractivity (Wildman–Crippen MR) is 115 cm³/mol. The van der Waals surface area contributed by atoms with Gasteiger partial charge in [0.05, 0.1) is 25.7 Å². The van der Waals surface area contributed by atoms with Crippen molar-refractivity contribution >= 4 is 11.8 Å². The molecule has 0 saturated heterocycles. The minimum atomic E-state index is -0.893. The lowest BCUT2D eigenvalue weighted by molar-refractivity contribution is -0.220. The van der Waals surface area contributed by atoms with Gasteiger partial charge in [0, 0.05) is 25.2 Å². The van der Waals surface area contributed by atoms with Crippen molar-refractivity contribution in [1.29, 1.82) is 0 Å². The fourth-order valence-electron chi connectivity index (χ4n) is 4.82. The molecular weight excluding hydrogens is 380 g/mol. The molecule has 2 atom stereocenters. The molecule has 1 saturated carbocycles. The van der Waals surface area contributed by atoms with E-state index in [0.29, 0.717) is 39.1 Å². The Hall–Kier alpha value is -1.98. The quantitative estimate of drug-likeness (QED) is 0.496. The van der Waals surface area contributed by atoms with Gasteiger partial charge in [-0.15, -0.1) is 0 Å². The van der Waals surface area contributed by atoms with Gasteiger partial charge in [0.25, 0.3) is 0 Å². The highest BCUT2D eigenvalue weighted by molar-refractivity contribution is 5.89. The lowest BCUT2D eigenvalue weighted by Crippen LogP contribution is -2.33. The third-order valence-corrected chi connectivity index (χ3v) is 6.29. The molecule has 30 heavy (non-hydrogen) atoms. The van der Waals surface area contributed by atoms with Gasteiger partial charge < -0.3 is 14.2 Å². The fourth-order valence-corrected chi connectivity index (χ4v) is 4.82. The van der Waals surface area contributed by atoms with E-state index >= 15 is 0 Å². The van der Waals surface area contributed by atoms with Crippen LogP contribution < -0.4 is 0 Å². The predicted octanol–water partition coefficient (Wildman–Crippen LogP) is 4.12. The monoisotopic (exact) mass is 414 g/mol. The van der Waals surface area contributed by atoms with E-state index in [4.69, 9.17) is 14.2 Å². The average molecular weight is 415 g/mol. The van der Waals surface area contributed by atoms with Crippen LogP contribution in [0.3, 0.4) is 0 Å². The van der Waals surface area contributed by atoms with Crippen LogP contribution in [0.15, 0.2) is 24.3 Å². The highest BCUT2D eigenvalue weighted by Gasteiger charge is 2.53. The Labute approximate surface area is 179 Å². The Kier molecular flexibility index (Phi) is 7.48. The van der Waals surface area contributed by atoms with E-state index in [1.54, 1.807) is 6.92 Å². The number of ether oxygens (including phenoxy) is 3. The summed E-state index contributed by atoms with van der Waals surface area (Å²) in [6.45, 7) is 9.27. The molecule has 0 amide bonds. The minimum Gasteiger partial charge on any atom is -0.466 e. The van der Waals surface area contributed by atoms with Crippen LogP contribution in [0, 0.1) is 18.8 Å². The highest BCUT2D eigenvalue weighted by atomic mass is 16.7. The zero-order chi connectivity index (χ0) is 21.7.